The van der Waals surface area contributed by atoms with E-state index in [2.05, 4.69) is 53.8 Å². The van der Waals surface area contributed by atoms with E-state index in [1.807, 2.05) is 18.4 Å². The molecule has 0 bridgehead atoms. The molecule has 6 nitrogen and oxygen atoms in total. The quantitative estimate of drug-likeness (QED) is 0.350. The normalized spacial score (nSPS) is 16.6. The second-order valence-electron chi connectivity index (χ2n) is 8.85. The van der Waals surface area contributed by atoms with Gasteiger partial charge in [0.25, 0.3) is 0 Å². The van der Waals surface area contributed by atoms with Crippen LogP contribution in [0, 0.1) is 6.92 Å². The summed E-state index contributed by atoms with van der Waals surface area (Å²) in [5.41, 5.74) is 13.8. The Hall–Kier alpha value is -3.03. The molecule has 0 aliphatic heterocycles. The van der Waals surface area contributed by atoms with Crippen molar-refractivity contribution in [3.05, 3.63) is 75.9 Å². The lowest BCUT2D eigenvalue weighted by atomic mass is 9.89. The highest BCUT2D eigenvalue weighted by Crippen LogP contribution is 2.39. The maximum Gasteiger partial charge on any atom is 0.344 e. The summed E-state index contributed by atoms with van der Waals surface area (Å²) in [6, 6.07) is 13.7. The van der Waals surface area contributed by atoms with Gasteiger partial charge in [-0.3, -0.25) is 0 Å². The number of carbonyl (C=O) groups excluding carboxylic acids is 1. The van der Waals surface area contributed by atoms with Crippen LogP contribution in [0.2, 0.25) is 0 Å². The predicted molar refractivity (Wildman–Crippen MR) is 138 cm³/mol. The lowest BCUT2D eigenvalue weighted by molar-refractivity contribution is 0.0523. The molecule has 1 atom stereocenters. The van der Waals surface area contributed by atoms with E-state index in [4.69, 9.17) is 10.5 Å². The molecule has 1 fully saturated rings. The fourth-order valence-electron chi connectivity index (χ4n) is 4.63. The van der Waals surface area contributed by atoms with Gasteiger partial charge in [0.15, 0.2) is 0 Å². The number of rotatable bonds is 8. The Morgan fingerprint density at radius 3 is 2.82 bits per heavy atom. The van der Waals surface area contributed by atoms with Gasteiger partial charge >= 0.3 is 5.97 Å². The average molecular weight is 475 g/mol. The third-order valence-electron chi connectivity index (χ3n) is 6.60. The number of hydrogen-bond acceptors (Lipinski definition) is 6. The summed E-state index contributed by atoms with van der Waals surface area (Å²) >= 11 is 1.39. The van der Waals surface area contributed by atoms with E-state index < -0.39 is 5.97 Å². The van der Waals surface area contributed by atoms with E-state index in [1.54, 1.807) is 11.6 Å². The maximum absolute atomic E-state index is 12.5. The number of aromatic nitrogens is 2. The summed E-state index contributed by atoms with van der Waals surface area (Å²) in [4.78, 5) is 12.5. The molecule has 5 rings (SSSR count). The third-order valence-corrected chi connectivity index (χ3v) is 7.27. The SMILES string of the molecule is CCOC(=O)c1c(SC)nn(-c2cccc(C3C=Cc4cc(CNC5CC5)ccc43)c2C)c1N. The largest absolute Gasteiger partial charge is 0.462 e. The van der Waals surface area contributed by atoms with Crippen molar-refractivity contribution in [1.29, 1.82) is 0 Å². The number of hydrogen-bond donors (Lipinski definition) is 2. The molecule has 7 heteroatoms. The smallest absolute Gasteiger partial charge is 0.344 e. The fraction of sp³-hybridized carbons (Fsp3) is 0.333. The van der Waals surface area contributed by atoms with Crippen LogP contribution in [-0.4, -0.2) is 34.7 Å². The maximum atomic E-state index is 12.5. The number of fused-ring (bicyclic) bond motifs is 1. The Balaban J connectivity index is 1.48. The van der Waals surface area contributed by atoms with Gasteiger partial charge in [-0.15, -0.1) is 11.8 Å². The van der Waals surface area contributed by atoms with Crippen molar-refractivity contribution in [3.8, 4) is 5.69 Å². The standard InChI is InChI=1S/C27H30N4O2S/c1-4-33-27(32)24-25(28)31(30-26(24)34-3)23-7-5-6-20(16(23)2)22-13-9-18-14-17(8-12-21(18)22)15-29-19-10-11-19/h5-9,12-14,19,22,29H,4,10-11,15,28H2,1-3H3. The van der Waals surface area contributed by atoms with Gasteiger partial charge < -0.3 is 15.8 Å². The van der Waals surface area contributed by atoms with Crippen molar-refractivity contribution >= 4 is 29.6 Å². The number of thioether (sulfide) groups is 1. The second kappa shape index (κ2) is 9.31. The van der Waals surface area contributed by atoms with Crippen LogP contribution in [0.1, 0.15) is 63.9 Å². The average Bonchev–Trinajstić information content (AvgIpc) is 3.48. The van der Waals surface area contributed by atoms with E-state index >= 15 is 0 Å². The number of carbonyl (C=O) groups is 1. The number of nitrogens with two attached hydrogens (primary N) is 1. The first kappa shape index (κ1) is 22.7. The highest BCUT2D eigenvalue weighted by atomic mass is 32.2. The van der Waals surface area contributed by atoms with Crippen LogP contribution in [-0.2, 0) is 11.3 Å². The first-order valence-electron chi connectivity index (χ1n) is 11.8. The summed E-state index contributed by atoms with van der Waals surface area (Å²) in [6.45, 7) is 5.08. The van der Waals surface area contributed by atoms with Gasteiger partial charge in [0.1, 0.15) is 16.4 Å². The first-order chi connectivity index (χ1) is 16.5. The van der Waals surface area contributed by atoms with Gasteiger partial charge in [-0.25, -0.2) is 9.48 Å². The van der Waals surface area contributed by atoms with Crippen molar-refractivity contribution in [3.63, 3.8) is 0 Å². The van der Waals surface area contributed by atoms with Crippen molar-refractivity contribution in [1.82, 2.24) is 15.1 Å². The highest BCUT2D eigenvalue weighted by Gasteiger charge is 2.27. The predicted octanol–water partition coefficient (Wildman–Crippen LogP) is 5.07. The molecule has 0 spiro atoms. The number of allylic oxidation sites excluding steroid dienone is 1. The van der Waals surface area contributed by atoms with E-state index in [1.165, 1.54) is 46.9 Å². The molecule has 3 N–H and O–H groups in total. The Labute approximate surface area is 204 Å². The molecule has 176 valence electrons. The van der Waals surface area contributed by atoms with Crippen LogP contribution in [0.4, 0.5) is 5.82 Å². The van der Waals surface area contributed by atoms with Crippen molar-refractivity contribution < 1.29 is 9.53 Å². The second-order valence-corrected chi connectivity index (χ2v) is 9.64. The summed E-state index contributed by atoms with van der Waals surface area (Å²) in [6.07, 6.45) is 8.96. The zero-order chi connectivity index (χ0) is 23.8. The summed E-state index contributed by atoms with van der Waals surface area (Å²) in [5, 5.41) is 8.82. The van der Waals surface area contributed by atoms with Crippen LogP contribution >= 0.6 is 11.8 Å². The van der Waals surface area contributed by atoms with E-state index in [-0.39, 0.29) is 12.5 Å². The highest BCUT2D eigenvalue weighted by molar-refractivity contribution is 7.98. The van der Waals surface area contributed by atoms with Gasteiger partial charge in [-0.1, -0.05) is 42.5 Å². The Morgan fingerprint density at radius 1 is 1.26 bits per heavy atom. The van der Waals surface area contributed by atoms with Gasteiger partial charge in [-0.2, -0.15) is 5.10 Å². The molecule has 1 aromatic heterocycles. The van der Waals surface area contributed by atoms with Crippen molar-refractivity contribution in [2.75, 3.05) is 18.6 Å². The molecule has 0 amide bonds. The number of anilines is 1. The number of nitrogens with one attached hydrogen (secondary N) is 1. The zero-order valence-electron chi connectivity index (χ0n) is 19.8. The summed E-state index contributed by atoms with van der Waals surface area (Å²) in [7, 11) is 0. The molecular formula is C27H30N4O2S. The van der Waals surface area contributed by atoms with Gasteiger partial charge in [-0.05, 0) is 66.8 Å². The zero-order valence-corrected chi connectivity index (χ0v) is 20.6. The van der Waals surface area contributed by atoms with Gasteiger partial charge in [0, 0.05) is 18.5 Å². The molecule has 3 aromatic rings. The molecule has 0 saturated heterocycles. The number of esters is 1. The molecule has 1 heterocycles. The third kappa shape index (κ3) is 4.14. The Bertz CT molecular complexity index is 1280. The molecule has 1 saturated carbocycles. The number of benzene rings is 2. The van der Waals surface area contributed by atoms with Crippen LogP contribution in [0.5, 0.6) is 0 Å². The molecule has 34 heavy (non-hydrogen) atoms. The fourth-order valence-corrected chi connectivity index (χ4v) is 5.18. The minimum absolute atomic E-state index is 0.168. The molecule has 2 aromatic carbocycles. The Kier molecular flexibility index (Phi) is 6.23. The van der Waals surface area contributed by atoms with E-state index in [0.717, 1.165) is 17.8 Å². The van der Waals surface area contributed by atoms with Crippen LogP contribution < -0.4 is 11.1 Å². The molecule has 0 radical (unpaired) electrons. The number of nitrogen functional groups attached to an aromatic ring is 1. The summed E-state index contributed by atoms with van der Waals surface area (Å²) < 4.78 is 6.89. The van der Waals surface area contributed by atoms with E-state index in [0.29, 0.717) is 22.4 Å². The van der Waals surface area contributed by atoms with Crippen molar-refractivity contribution in [2.24, 2.45) is 0 Å². The minimum atomic E-state index is -0.441. The van der Waals surface area contributed by atoms with Crippen molar-refractivity contribution in [2.45, 2.75) is 50.2 Å². The first-order valence-corrected chi connectivity index (χ1v) is 13.0. The Morgan fingerprint density at radius 2 is 2.09 bits per heavy atom. The molecule has 2 aliphatic carbocycles. The topological polar surface area (TPSA) is 82.2 Å². The van der Waals surface area contributed by atoms with Gasteiger partial charge in [0.05, 0.1) is 12.3 Å². The molecule has 2 aliphatic rings. The monoisotopic (exact) mass is 474 g/mol. The lowest BCUT2D eigenvalue weighted by Crippen LogP contribution is -2.15. The molecule has 1 unspecified atom stereocenters. The number of nitrogens with zero attached hydrogens (tertiary/aromatic N) is 2. The van der Waals surface area contributed by atoms with Crippen LogP contribution in [0.15, 0.2) is 47.5 Å². The van der Waals surface area contributed by atoms with Crippen LogP contribution in [0.3, 0.4) is 0 Å². The van der Waals surface area contributed by atoms with Crippen LogP contribution in [0.25, 0.3) is 11.8 Å². The lowest BCUT2D eigenvalue weighted by Gasteiger charge is -2.18. The minimum Gasteiger partial charge on any atom is -0.462 e. The van der Waals surface area contributed by atoms with E-state index in [9.17, 15) is 4.79 Å². The summed E-state index contributed by atoms with van der Waals surface area (Å²) in [5.74, 6) is 0.0315. The van der Waals surface area contributed by atoms with Gasteiger partial charge in [0.2, 0.25) is 0 Å². The molecular weight excluding hydrogens is 444 g/mol. The number of ether oxygens (including phenoxy) is 1.